The number of aromatic nitrogens is 1. The van der Waals surface area contributed by atoms with Gasteiger partial charge in [0, 0.05) is 12.1 Å². The van der Waals surface area contributed by atoms with Crippen LogP contribution >= 0.6 is 0 Å². The van der Waals surface area contributed by atoms with E-state index < -0.39 is 24.3 Å². The number of carbonyl (C=O) groups excluding carboxylic acids is 3. The van der Waals surface area contributed by atoms with E-state index in [0.29, 0.717) is 35.6 Å². The van der Waals surface area contributed by atoms with Crippen LogP contribution < -0.4 is 9.47 Å². The molecule has 8 heteroatoms. The number of H-pyrrole nitrogens is 1. The van der Waals surface area contributed by atoms with Crippen molar-refractivity contribution in [2.75, 3.05) is 27.4 Å². The number of aryl methyl sites for hydroxylation is 1. The SMILES string of the molecule is COC(=O)c1c(C)[nH]c(C(=O)COC(=O)CCCOc2ccc(OC)cc2)c1C. The third kappa shape index (κ3) is 5.84. The molecule has 0 atom stereocenters. The monoisotopic (exact) mass is 403 g/mol. The number of rotatable bonds is 10. The lowest BCUT2D eigenvalue weighted by Crippen LogP contribution is -2.16. The minimum absolute atomic E-state index is 0.125. The van der Waals surface area contributed by atoms with Crippen molar-refractivity contribution in [3.05, 3.63) is 46.8 Å². The summed E-state index contributed by atoms with van der Waals surface area (Å²) in [7, 11) is 2.86. The molecule has 0 saturated carbocycles. The van der Waals surface area contributed by atoms with Gasteiger partial charge in [-0.3, -0.25) is 9.59 Å². The first kappa shape index (κ1) is 22.0. The average molecular weight is 403 g/mol. The van der Waals surface area contributed by atoms with Crippen LogP contribution in [-0.4, -0.2) is 50.1 Å². The van der Waals surface area contributed by atoms with Crippen LogP contribution in [0.5, 0.6) is 11.5 Å². The number of Topliss-reactive ketones (excluding diaryl/α,β-unsaturated/α-hetero) is 1. The lowest BCUT2D eigenvalue weighted by molar-refractivity contribution is -0.142. The molecule has 0 aliphatic carbocycles. The van der Waals surface area contributed by atoms with E-state index >= 15 is 0 Å². The largest absolute Gasteiger partial charge is 0.497 e. The molecule has 1 heterocycles. The summed E-state index contributed by atoms with van der Waals surface area (Å²) in [4.78, 5) is 38.8. The van der Waals surface area contributed by atoms with Gasteiger partial charge in [0.2, 0.25) is 5.78 Å². The van der Waals surface area contributed by atoms with Gasteiger partial charge in [0.15, 0.2) is 6.61 Å². The number of esters is 2. The van der Waals surface area contributed by atoms with Crippen molar-refractivity contribution in [2.24, 2.45) is 0 Å². The number of nitrogens with one attached hydrogen (secondary N) is 1. The summed E-state index contributed by atoms with van der Waals surface area (Å²) in [6.45, 7) is 3.25. The summed E-state index contributed by atoms with van der Waals surface area (Å²) in [5.41, 5.74) is 1.55. The average Bonchev–Trinajstić information content (AvgIpc) is 3.03. The van der Waals surface area contributed by atoms with E-state index in [1.54, 1.807) is 45.2 Å². The molecule has 0 radical (unpaired) electrons. The molecule has 156 valence electrons. The number of benzene rings is 1. The summed E-state index contributed by atoms with van der Waals surface area (Å²) in [5, 5.41) is 0. The quantitative estimate of drug-likeness (QED) is 0.369. The Balaban J connectivity index is 1.76. The van der Waals surface area contributed by atoms with Crippen molar-refractivity contribution in [1.29, 1.82) is 0 Å². The highest BCUT2D eigenvalue weighted by atomic mass is 16.5. The standard InChI is InChI=1S/C21H25NO7/c1-13-19(21(25)27-4)14(2)22-20(13)17(23)12-29-18(24)6-5-11-28-16-9-7-15(26-3)8-10-16/h7-10,22H,5-6,11-12H2,1-4H3. The van der Waals surface area contributed by atoms with Crippen molar-refractivity contribution in [3.63, 3.8) is 0 Å². The Labute approximate surface area is 169 Å². The first-order valence-electron chi connectivity index (χ1n) is 9.10. The molecule has 0 aliphatic heterocycles. The third-order valence-electron chi connectivity index (χ3n) is 4.32. The van der Waals surface area contributed by atoms with E-state index in [0.717, 1.165) is 5.75 Å². The van der Waals surface area contributed by atoms with Gasteiger partial charge in [0.25, 0.3) is 0 Å². The van der Waals surface area contributed by atoms with Crippen LogP contribution in [0.4, 0.5) is 0 Å². The van der Waals surface area contributed by atoms with Gasteiger partial charge in [-0.1, -0.05) is 0 Å². The van der Waals surface area contributed by atoms with E-state index in [9.17, 15) is 14.4 Å². The molecule has 0 unspecified atom stereocenters. The van der Waals surface area contributed by atoms with Crippen molar-refractivity contribution in [2.45, 2.75) is 26.7 Å². The molecule has 0 spiro atoms. The van der Waals surface area contributed by atoms with Crippen LogP contribution in [0, 0.1) is 13.8 Å². The number of hydrogen-bond acceptors (Lipinski definition) is 7. The van der Waals surface area contributed by atoms with Crippen molar-refractivity contribution in [3.8, 4) is 11.5 Å². The molecular weight excluding hydrogens is 378 g/mol. The third-order valence-corrected chi connectivity index (χ3v) is 4.32. The molecule has 0 fully saturated rings. The summed E-state index contributed by atoms with van der Waals surface area (Å²) in [6.07, 6.45) is 0.575. The second kappa shape index (κ2) is 10.3. The Morgan fingerprint density at radius 1 is 1.00 bits per heavy atom. The smallest absolute Gasteiger partial charge is 0.339 e. The Kier molecular flexibility index (Phi) is 7.82. The molecule has 0 aliphatic rings. The number of aromatic amines is 1. The summed E-state index contributed by atoms with van der Waals surface area (Å²) < 4.78 is 20.4. The Hall–Kier alpha value is -3.29. The maximum absolute atomic E-state index is 12.3. The molecule has 8 nitrogen and oxygen atoms in total. The number of ether oxygens (including phenoxy) is 4. The second-order valence-corrected chi connectivity index (χ2v) is 6.33. The topological polar surface area (TPSA) is 104 Å². The highest BCUT2D eigenvalue weighted by Crippen LogP contribution is 2.20. The molecule has 0 amide bonds. The van der Waals surface area contributed by atoms with Crippen LogP contribution in [0.3, 0.4) is 0 Å². The minimum Gasteiger partial charge on any atom is -0.497 e. The number of hydrogen-bond donors (Lipinski definition) is 1. The van der Waals surface area contributed by atoms with E-state index in [1.807, 2.05) is 0 Å². The lowest BCUT2D eigenvalue weighted by atomic mass is 10.1. The molecular formula is C21H25NO7. The number of ketones is 1. The maximum atomic E-state index is 12.3. The van der Waals surface area contributed by atoms with Gasteiger partial charge >= 0.3 is 11.9 Å². The van der Waals surface area contributed by atoms with Crippen LogP contribution in [-0.2, 0) is 14.3 Å². The minimum atomic E-state index is -0.524. The zero-order valence-electron chi connectivity index (χ0n) is 17.0. The Morgan fingerprint density at radius 2 is 1.66 bits per heavy atom. The molecule has 29 heavy (non-hydrogen) atoms. The fourth-order valence-corrected chi connectivity index (χ4v) is 2.81. The molecule has 1 aromatic heterocycles. The van der Waals surface area contributed by atoms with Crippen molar-refractivity contribution >= 4 is 17.7 Å². The van der Waals surface area contributed by atoms with Gasteiger partial charge in [0.05, 0.1) is 32.1 Å². The number of methoxy groups -OCH3 is 2. The van der Waals surface area contributed by atoms with E-state index in [-0.39, 0.29) is 12.1 Å². The van der Waals surface area contributed by atoms with E-state index in [2.05, 4.69) is 4.98 Å². The van der Waals surface area contributed by atoms with Gasteiger partial charge in [-0.15, -0.1) is 0 Å². The zero-order chi connectivity index (χ0) is 21.4. The normalized spacial score (nSPS) is 10.3. The number of carbonyl (C=O) groups is 3. The van der Waals surface area contributed by atoms with Crippen LogP contribution in [0.2, 0.25) is 0 Å². The Bertz CT molecular complexity index is 868. The van der Waals surface area contributed by atoms with Gasteiger partial charge in [-0.05, 0) is 50.1 Å². The maximum Gasteiger partial charge on any atom is 0.339 e. The summed E-state index contributed by atoms with van der Waals surface area (Å²) in [6, 6.07) is 7.12. The molecule has 0 saturated heterocycles. The molecule has 2 rings (SSSR count). The zero-order valence-corrected chi connectivity index (χ0v) is 17.0. The predicted octanol–water partition coefficient (Wildman–Crippen LogP) is 3.01. The Morgan fingerprint density at radius 3 is 2.28 bits per heavy atom. The van der Waals surface area contributed by atoms with Gasteiger partial charge in [-0.2, -0.15) is 0 Å². The van der Waals surface area contributed by atoms with E-state index in [1.165, 1.54) is 7.11 Å². The van der Waals surface area contributed by atoms with E-state index in [4.69, 9.17) is 18.9 Å². The lowest BCUT2D eigenvalue weighted by Gasteiger charge is -2.07. The highest BCUT2D eigenvalue weighted by Gasteiger charge is 2.23. The van der Waals surface area contributed by atoms with Gasteiger partial charge < -0.3 is 23.9 Å². The predicted molar refractivity (Wildman–Crippen MR) is 105 cm³/mol. The highest BCUT2D eigenvalue weighted by molar-refractivity contribution is 6.02. The first-order valence-corrected chi connectivity index (χ1v) is 9.10. The first-order chi connectivity index (χ1) is 13.9. The molecule has 1 N–H and O–H groups in total. The second-order valence-electron chi connectivity index (χ2n) is 6.33. The molecule has 0 bridgehead atoms. The van der Waals surface area contributed by atoms with Gasteiger partial charge in [0.1, 0.15) is 11.5 Å². The van der Waals surface area contributed by atoms with Crippen LogP contribution in [0.15, 0.2) is 24.3 Å². The van der Waals surface area contributed by atoms with Crippen molar-refractivity contribution in [1.82, 2.24) is 4.98 Å². The van der Waals surface area contributed by atoms with Crippen LogP contribution in [0.1, 0.15) is 44.9 Å². The van der Waals surface area contributed by atoms with Crippen molar-refractivity contribution < 1.29 is 33.3 Å². The molecule has 1 aromatic carbocycles. The summed E-state index contributed by atoms with van der Waals surface area (Å²) >= 11 is 0. The summed E-state index contributed by atoms with van der Waals surface area (Å²) in [5.74, 6) is -0.0244. The van der Waals surface area contributed by atoms with Gasteiger partial charge in [-0.25, -0.2) is 4.79 Å². The fraction of sp³-hybridized carbons (Fsp3) is 0.381. The molecule has 2 aromatic rings. The van der Waals surface area contributed by atoms with Crippen LogP contribution in [0.25, 0.3) is 0 Å². The fourth-order valence-electron chi connectivity index (χ4n) is 2.81.